The summed E-state index contributed by atoms with van der Waals surface area (Å²) < 4.78 is 2.24. The molecule has 54 heavy (non-hydrogen) atoms. The van der Waals surface area contributed by atoms with Gasteiger partial charge < -0.3 is 4.90 Å². The van der Waals surface area contributed by atoms with Crippen molar-refractivity contribution < 1.29 is 0 Å². The molecule has 0 aliphatic rings. The summed E-state index contributed by atoms with van der Waals surface area (Å²) in [5.41, 5.74) is 17.3. The minimum absolute atomic E-state index is 0.940. The second-order valence-electron chi connectivity index (χ2n) is 13.9. The first-order valence-electron chi connectivity index (χ1n) is 18.5. The minimum atomic E-state index is 0.940. The van der Waals surface area contributed by atoms with E-state index in [9.17, 15) is 0 Å². The Morgan fingerprint density at radius 3 is 1.15 bits per heavy atom. The van der Waals surface area contributed by atoms with E-state index < -0.39 is 0 Å². The maximum atomic E-state index is 5.03. The van der Waals surface area contributed by atoms with Crippen molar-refractivity contribution in [2.24, 2.45) is 0 Å². The van der Waals surface area contributed by atoms with Gasteiger partial charge >= 0.3 is 0 Å². The third-order valence-electron chi connectivity index (χ3n) is 10.2. The Labute approximate surface area is 317 Å². The zero-order valence-corrected chi connectivity index (χ0v) is 30.4. The fourth-order valence-corrected chi connectivity index (χ4v) is 7.22. The standard InChI is InChI=1S/C51H39N3/c1-36-12-30-46(31-13-36)53(47-32-14-37(2)15-33-47)48-34-28-43(29-35-48)41-22-20-39(21-23-41)38-16-18-40(19-17-38)42-24-26-44(27-25-42)51-52-49-10-6-7-11-50(49)54(51)45-8-4-3-5-9-45/h3-35H,1-2H3. The van der Waals surface area contributed by atoms with Gasteiger partial charge in [0.1, 0.15) is 5.82 Å². The van der Waals surface area contributed by atoms with Crippen LogP contribution in [0.3, 0.4) is 0 Å². The first kappa shape index (κ1) is 32.9. The molecule has 258 valence electrons. The molecule has 0 saturated heterocycles. The second kappa shape index (κ2) is 14.2. The van der Waals surface area contributed by atoms with Gasteiger partial charge in [0.2, 0.25) is 0 Å². The SMILES string of the molecule is Cc1ccc(N(c2ccc(C)cc2)c2ccc(-c3ccc(-c4ccc(-c5ccc(-c6nc7ccccc7n6-c6ccccc6)cc5)cc4)cc3)cc2)cc1. The molecule has 3 nitrogen and oxygen atoms in total. The van der Waals surface area contributed by atoms with E-state index in [1.807, 2.05) is 12.1 Å². The van der Waals surface area contributed by atoms with Crippen molar-refractivity contribution in [3.05, 3.63) is 211 Å². The zero-order valence-electron chi connectivity index (χ0n) is 30.4. The van der Waals surface area contributed by atoms with Crippen LogP contribution in [-0.4, -0.2) is 9.55 Å². The van der Waals surface area contributed by atoms with E-state index in [1.54, 1.807) is 0 Å². The molecule has 0 N–H and O–H groups in total. The van der Waals surface area contributed by atoms with Crippen LogP contribution in [0.4, 0.5) is 17.1 Å². The van der Waals surface area contributed by atoms with E-state index in [1.165, 1.54) is 44.5 Å². The molecule has 1 heterocycles. The molecule has 0 bridgehead atoms. The summed E-state index contributed by atoms with van der Waals surface area (Å²) in [7, 11) is 0. The van der Waals surface area contributed by atoms with Crippen LogP contribution in [0, 0.1) is 13.8 Å². The molecule has 0 aliphatic carbocycles. The molecule has 0 radical (unpaired) electrons. The molecule has 0 atom stereocenters. The van der Waals surface area contributed by atoms with Gasteiger partial charge in [-0.15, -0.1) is 0 Å². The number of benzene rings is 8. The number of hydrogen-bond acceptors (Lipinski definition) is 2. The number of hydrogen-bond donors (Lipinski definition) is 0. The lowest BCUT2D eigenvalue weighted by atomic mass is 9.97. The summed E-state index contributed by atoms with van der Waals surface area (Å²) in [4.78, 5) is 7.34. The van der Waals surface area contributed by atoms with Gasteiger partial charge in [0.15, 0.2) is 0 Å². The Balaban J connectivity index is 0.927. The average Bonchev–Trinajstić information content (AvgIpc) is 3.63. The van der Waals surface area contributed by atoms with Crippen molar-refractivity contribution >= 4 is 28.1 Å². The molecule has 9 rings (SSSR count). The van der Waals surface area contributed by atoms with Gasteiger partial charge in [-0.3, -0.25) is 4.57 Å². The highest BCUT2D eigenvalue weighted by atomic mass is 15.1. The third-order valence-corrected chi connectivity index (χ3v) is 10.2. The minimum Gasteiger partial charge on any atom is -0.311 e. The predicted molar refractivity (Wildman–Crippen MR) is 227 cm³/mol. The summed E-state index contributed by atoms with van der Waals surface area (Å²) in [6.45, 7) is 4.25. The Morgan fingerprint density at radius 1 is 0.352 bits per heavy atom. The molecule has 1 aromatic heterocycles. The predicted octanol–water partition coefficient (Wildman–Crippen LogP) is 13.8. The number of para-hydroxylation sites is 3. The van der Waals surface area contributed by atoms with Crippen molar-refractivity contribution in [2.75, 3.05) is 4.90 Å². The molecule has 9 aromatic rings. The number of fused-ring (bicyclic) bond motifs is 1. The highest BCUT2D eigenvalue weighted by molar-refractivity contribution is 5.84. The summed E-state index contributed by atoms with van der Waals surface area (Å²) in [5, 5.41) is 0. The molecule has 8 aromatic carbocycles. The zero-order chi connectivity index (χ0) is 36.4. The van der Waals surface area contributed by atoms with E-state index in [-0.39, 0.29) is 0 Å². The number of aromatic nitrogens is 2. The van der Waals surface area contributed by atoms with Crippen molar-refractivity contribution in [2.45, 2.75) is 13.8 Å². The maximum Gasteiger partial charge on any atom is 0.145 e. The molecular formula is C51H39N3. The fraction of sp³-hybridized carbons (Fsp3) is 0.0392. The van der Waals surface area contributed by atoms with Gasteiger partial charge in [0.25, 0.3) is 0 Å². The van der Waals surface area contributed by atoms with Crippen molar-refractivity contribution in [3.63, 3.8) is 0 Å². The topological polar surface area (TPSA) is 21.1 Å². The fourth-order valence-electron chi connectivity index (χ4n) is 7.22. The summed E-state index contributed by atoms with van der Waals surface area (Å²) in [6.07, 6.45) is 0. The maximum absolute atomic E-state index is 5.03. The van der Waals surface area contributed by atoms with E-state index in [0.29, 0.717) is 0 Å². The summed E-state index contributed by atoms with van der Waals surface area (Å²) in [6, 6.07) is 71.6. The van der Waals surface area contributed by atoms with Gasteiger partial charge in [0.05, 0.1) is 11.0 Å². The van der Waals surface area contributed by atoms with Gasteiger partial charge in [-0.25, -0.2) is 4.98 Å². The van der Waals surface area contributed by atoms with Gasteiger partial charge in [-0.2, -0.15) is 0 Å². The van der Waals surface area contributed by atoms with Crippen LogP contribution in [0.15, 0.2) is 200 Å². The van der Waals surface area contributed by atoms with Gasteiger partial charge in [0, 0.05) is 28.3 Å². The number of rotatable bonds is 8. The Kier molecular flexibility index (Phi) is 8.66. The van der Waals surface area contributed by atoms with E-state index >= 15 is 0 Å². The number of aryl methyl sites for hydroxylation is 2. The summed E-state index contributed by atoms with van der Waals surface area (Å²) in [5.74, 6) is 0.940. The van der Waals surface area contributed by atoms with Gasteiger partial charge in [-0.1, -0.05) is 151 Å². The molecule has 0 spiro atoms. The Hall–Kier alpha value is -6.97. The number of anilines is 3. The molecule has 0 fully saturated rings. The highest BCUT2D eigenvalue weighted by Crippen LogP contribution is 2.37. The lowest BCUT2D eigenvalue weighted by molar-refractivity contribution is 1.10. The van der Waals surface area contributed by atoms with E-state index in [0.717, 1.165) is 45.2 Å². The van der Waals surface area contributed by atoms with Crippen LogP contribution in [0.2, 0.25) is 0 Å². The number of nitrogens with zero attached hydrogens (tertiary/aromatic N) is 3. The normalized spacial score (nSPS) is 11.1. The van der Waals surface area contributed by atoms with Crippen LogP contribution < -0.4 is 4.90 Å². The average molecular weight is 694 g/mol. The molecule has 0 amide bonds. The Morgan fingerprint density at radius 2 is 0.704 bits per heavy atom. The first-order valence-corrected chi connectivity index (χ1v) is 18.5. The van der Waals surface area contributed by atoms with Crippen LogP contribution in [0.25, 0.3) is 61.5 Å². The molecular weight excluding hydrogens is 655 g/mol. The second-order valence-corrected chi connectivity index (χ2v) is 13.9. The van der Waals surface area contributed by atoms with Crippen LogP contribution >= 0.6 is 0 Å². The third kappa shape index (κ3) is 6.48. The van der Waals surface area contributed by atoms with Crippen LogP contribution in [0.1, 0.15) is 11.1 Å². The van der Waals surface area contributed by atoms with E-state index in [2.05, 4.69) is 211 Å². The quantitative estimate of drug-likeness (QED) is 0.158. The number of imidazole rings is 1. The largest absolute Gasteiger partial charge is 0.311 e. The summed E-state index contributed by atoms with van der Waals surface area (Å²) >= 11 is 0. The van der Waals surface area contributed by atoms with Crippen molar-refractivity contribution in [1.82, 2.24) is 9.55 Å². The van der Waals surface area contributed by atoms with Crippen molar-refractivity contribution in [3.8, 4) is 50.5 Å². The van der Waals surface area contributed by atoms with Gasteiger partial charge in [-0.05, 0) is 108 Å². The molecule has 3 heteroatoms. The first-order chi connectivity index (χ1) is 26.6. The lowest BCUT2D eigenvalue weighted by Crippen LogP contribution is -2.09. The monoisotopic (exact) mass is 693 g/mol. The van der Waals surface area contributed by atoms with Crippen LogP contribution in [-0.2, 0) is 0 Å². The smallest absolute Gasteiger partial charge is 0.145 e. The van der Waals surface area contributed by atoms with Crippen molar-refractivity contribution in [1.29, 1.82) is 0 Å². The lowest BCUT2D eigenvalue weighted by Gasteiger charge is -2.26. The van der Waals surface area contributed by atoms with Crippen LogP contribution in [0.5, 0.6) is 0 Å². The molecule has 0 saturated carbocycles. The molecule has 0 aliphatic heterocycles. The Bertz CT molecular complexity index is 2610. The van der Waals surface area contributed by atoms with E-state index in [4.69, 9.17) is 4.98 Å². The molecule has 0 unspecified atom stereocenters. The highest BCUT2D eigenvalue weighted by Gasteiger charge is 2.15.